The number of aromatic nitrogens is 1. The monoisotopic (exact) mass is 275 g/mol. The number of ether oxygens (including phenoxy) is 1. The molecule has 1 fully saturated rings. The molecule has 0 spiro atoms. The number of nitrogens with zero attached hydrogens (tertiary/aromatic N) is 2. The highest BCUT2D eigenvalue weighted by molar-refractivity contribution is 5.43. The van der Waals surface area contributed by atoms with Crippen LogP contribution in [0.25, 0.3) is 0 Å². The first-order valence-corrected chi connectivity index (χ1v) is 6.03. The first kappa shape index (κ1) is 14.1. The SMILES string of the molecule is COCc1cc(N2CCNCC2)nc(C(F)(F)F)c1. The van der Waals surface area contributed by atoms with Gasteiger partial charge in [0.05, 0.1) is 6.61 Å². The first-order chi connectivity index (χ1) is 9.00. The van der Waals surface area contributed by atoms with Gasteiger partial charge in [-0.1, -0.05) is 0 Å². The minimum Gasteiger partial charge on any atom is -0.380 e. The average Bonchev–Trinajstić information content (AvgIpc) is 2.39. The summed E-state index contributed by atoms with van der Waals surface area (Å²) < 4.78 is 43.4. The Morgan fingerprint density at radius 3 is 2.58 bits per heavy atom. The van der Waals surface area contributed by atoms with Gasteiger partial charge >= 0.3 is 6.18 Å². The van der Waals surface area contributed by atoms with E-state index in [-0.39, 0.29) is 6.61 Å². The number of pyridine rings is 1. The van der Waals surface area contributed by atoms with Gasteiger partial charge in [-0.05, 0) is 17.7 Å². The van der Waals surface area contributed by atoms with Crippen LogP contribution in [-0.4, -0.2) is 38.3 Å². The lowest BCUT2D eigenvalue weighted by molar-refractivity contribution is -0.141. The summed E-state index contributed by atoms with van der Waals surface area (Å²) in [5, 5.41) is 3.15. The van der Waals surface area contributed by atoms with E-state index in [1.165, 1.54) is 7.11 Å². The molecule has 106 valence electrons. The molecule has 1 aromatic rings. The Kier molecular flexibility index (Phi) is 4.26. The zero-order chi connectivity index (χ0) is 13.9. The number of nitrogens with one attached hydrogen (secondary N) is 1. The Balaban J connectivity index is 2.33. The van der Waals surface area contributed by atoms with Crippen LogP contribution in [0.1, 0.15) is 11.3 Å². The number of methoxy groups -OCH3 is 1. The Bertz CT molecular complexity index is 431. The first-order valence-electron chi connectivity index (χ1n) is 6.03. The van der Waals surface area contributed by atoms with Gasteiger partial charge in [-0.15, -0.1) is 0 Å². The molecular weight excluding hydrogens is 259 g/mol. The van der Waals surface area contributed by atoms with Gasteiger partial charge < -0.3 is 15.0 Å². The van der Waals surface area contributed by atoms with E-state index in [1.807, 2.05) is 4.90 Å². The molecular formula is C12H16F3N3O. The van der Waals surface area contributed by atoms with Crippen molar-refractivity contribution in [3.05, 3.63) is 23.4 Å². The van der Waals surface area contributed by atoms with Crippen molar-refractivity contribution < 1.29 is 17.9 Å². The maximum absolute atomic E-state index is 12.8. The fourth-order valence-corrected chi connectivity index (χ4v) is 2.02. The zero-order valence-corrected chi connectivity index (χ0v) is 10.6. The van der Waals surface area contributed by atoms with Crippen LogP contribution in [0.4, 0.5) is 19.0 Å². The number of rotatable bonds is 3. The number of halogens is 3. The average molecular weight is 275 g/mol. The molecule has 1 aromatic heterocycles. The fraction of sp³-hybridized carbons (Fsp3) is 0.583. The predicted molar refractivity (Wildman–Crippen MR) is 65.0 cm³/mol. The number of hydrogen-bond acceptors (Lipinski definition) is 4. The molecule has 0 radical (unpaired) electrons. The Morgan fingerprint density at radius 2 is 2.00 bits per heavy atom. The molecule has 0 aliphatic carbocycles. The Morgan fingerprint density at radius 1 is 1.32 bits per heavy atom. The van der Waals surface area contributed by atoms with E-state index in [0.29, 0.717) is 24.5 Å². The van der Waals surface area contributed by atoms with Crippen LogP contribution in [0.15, 0.2) is 12.1 Å². The predicted octanol–water partition coefficient (Wildman–Crippen LogP) is 1.66. The van der Waals surface area contributed by atoms with E-state index in [9.17, 15) is 13.2 Å². The van der Waals surface area contributed by atoms with Crippen molar-refractivity contribution in [2.75, 3.05) is 38.2 Å². The summed E-state index contributed by atoms with van der Waals surface area (Å²) in [7, 11) is 1.46. The minimum atomic E-state index is -4.44. The van der Waals surface area contributed by atoms with Crippen LogP contribution in [0.2, 0.25) is 0 Å². The van der Waals surface area contributed by atoms with Gasteiger partial charge in [0, 0.05) is 33.3 Å². The summed E-state index contributed by atoms with van der Waals surface area (Å²) in [4.78, 5) is 5.58. The molecule has 0 aromatic carbocycles. The van der Waals surface area contributed by atoms with Gasteiger partial charge in [0.15, 0.2) is 0 Å². The third-order valence-corrected chi connectivity index (χ3v) is 2.91. The summed E-state index contributed by atoms with van der Waals surface area (Å²) in [5.41, 5.74) is -0.381. The van der Waals surface area contributed by atoms with Crippen molar-refractivity contribution in [2.24, 2.45) is 0 Å². The molecule has 1 saturated heterocycles. The van der Waals surface area contributed by atoms with Crippen LogP contribution in [-0.2, 0) is 17.5 Å². The molecule has 1 N–H and O–H groups in total. The topological polar surface area (TPSA) is 37.4 Å². The highest BCUT2D eigenvalue weighted by Crippen LogP contribution is 2.30. The summed E-state index contributed by atoms with van der Waals surface area (Å²) in [6, 6.07) is 2.69. The normalized spacial score (nSPS) is 16.7. The van der Waals surface area contributed by atoms with Gasteiger partial charge in [0.1, 0.15) is 11.5 Å². The van der Waals surface area contributed by atoms with Gasteiger partial charge in [-0.3, -0.25) is 0 Å². The van der Waals surface area contributed by atoms with E-state index >= 15 is 0 Å². The van der Waals surface area contributed by atoms with Crippen LogP contribution < -0.4 is 10.2 Å². The van der Waals surface area contributed by atoms with E-state index in [0.717, 1.165) is 19.2 Å². The van der Waals surface area contributed by atoms with Crippen LogP contribution >= 0.6 is 0 Å². The minimum absolute atomic E-state index is 0.144. The lowest BCUT2D eigenvalue weighted by atomic mass is 10.2. The third-order valence-electron chi connectivity index (χ3n) is 2.91. The Hall–Kier alpha value is -1.34. The lowest BCUT2D eigenvalue weighted by Crippen LogP contribution is -2.44. The van der Waals surface area contributed by atoms with Crippen LogP contribution in [0.3, 0.4) is 0 Å². The second kappa shape index (κ2) is 5.75. The summed E-state index contributed by atoms with van der Waals surface area (Å²) in [6.45, 7) is 2.95. The molecule has 0 amide bonds. The number of alkyl halides is 3. The number of piperazine rings is 1. The third kappa shape index (κ3) is 3.57. The van der Waals surface area contributed by atoms with Gasteiger partial charge in [0.25, 0.3) is 0 Å². The summed E-state index contributed by atoms with van der Waals surface area (Å²) >= 11 is 0. The van der Waals surface area contributed by atoms with Crippen molar-refractivity contribution in [3.8, 4) is 0 Å². The van der Waals surface area contributed by atoms with Crippen molar-refractivity contribution in [3.63, 3.8) is 0 Å². The van der Waals surface area contributed by atoms with Crippen LogP contribution in [0, 0.1) is 0 Å². The molecule has 2 heterocycles. The summed E-state index contributed by atoms with van der Waals surface area (Å²) in [5.74, 6) is 0.364. The molecule has 0 saturated carbocycles. The molecule has 7 heteroatoms. The molecule has 0 atom stereocenters. The van der Waals surface area contributed by atoms with E-state index in [4.69, 9.17) is 4.74 Å². The molecule has 19 heavy (non-hydrogen) atoms. The largest absolute Gasteiger partial charge is 0.433 e. The van der Waals surface area contributed by atoms with Crippen molar-refractivity contribution in [1.82, 2.24) is 10.3 Å². The fourth-order valence-electron chi connectivity index (χ4n) is 2.02. The smallest absolute Gasteiger partial charge is 0.380 e. The maximum Gasteiger partial charge on any atom is 0.433 e. The highest BCUT2D eigenvalue weighted by atomic mass is 19.4. The quantitative estimate of drug-likeness (QED) is 0.910. The molecule has 4 nitrogen and oxygen atoms in total. The zero-order valence-electron chi connectivity index (χ0n) is 10.6. The van der Waals surface area contributed by atoms with Gasteiger partial charge in [0.2, 0.25) is 0 Å². The van der Waals surface area contributed by atoms with E-state index < -0.39 is 11.9 Å². The number of anilines is 1. The van der Waals surface area contributed by atoms with E-state index in [2.05, 4.69) is 10.3 Å². The lowest BCUT2D eigenvalue weighted by Gasteiger charge is -2.29. The second-order valence-electron chi connectivity index (χ2n) is 4.39. The number of hydrogen-bond donors (Lipinski definition) is 1. The molecule has 2 rings (SSSR count). The maximum atomic E-state index is 12.8. The Labute approximate surface area is 109 Å². The highest BCUT2D eigenvalue weighted by Gasteiger charge is 2.33. The van der Waals surface area contributed by atoms with Gasteiger partial charge in [-0.2, -0.15) is 13.2 Å². The second-order valence-corrected chi connectivity index (χ2v) is 4.39. The van der Waals surface area contributed by atoms with E-state index in [1.54, 1.807) is 6.07 Å². The summed E-state index contributed by atoms with van der Waals surface area (Å²) in [6.07, 6.45) is -4.44. The standard InChI is InChI=1S/C12H16F3N3O/c1-19-8-9-6-10(12(13,14)15)17-11(7-9)18-4-2-16-3-5-18/h6-7,16H,2-5,8H2,1H3. The van der Waals surface area contributed by atoms with Crippen molar-refractivity contribution in [2.45, 2.75) is 12.8 Å². The van der Waals surface area contributed by atoms with Crippen molar-refractivity contribution >= 4 is 5.82 Å². The molecule has 1 aliphatic rings. The molecule has 0 unspecified atom stereocenters. The molecule has 0 bridgehead atoms. The van der Waals surface area contributed by atoms with Gasteiger partial charge in [-0.25, -0.2) is 4.98 Å². The van der Waals surface area contributed by atoms with Crippen molar-refractivity contribution in [1.29, 1.82) is 0 Å². The molecule has 1 aliphatic heterocycles. The van der Waals surface area contributed by atoms with Crippen LogP contribution in [0.5, 0.6) is 0 Å².